The molecule has 1 unspecified atom stereocenters. The van der Waals surface area contributed by atoms with Gasteiger partial charge in [0, 0.05) is 26.6 Å². The van der Waals surface area contributed by atoms with Gasteiger partial charge in [-0.15, -0.1) is 0 Å². The second kappa shape index (κ2) is 5.23. The quantitative estimate of drug-likeness (QED) is 0.244. The Morgan fingerprint density at radius 3 is 2.62 bits per heavy atom. The minimum absolute atomic E-state index is 0.110. The molecule has 0 aliphatic carbocycles. The number of nitrogens with one attached hydrogen (secondary N) is 1. The van der Waals surface area contributed by atoms with E-state index in [0.29, 0.717) is 6.54 Å². The molecule has 2 amide bonds. The van der Waals surface area contributed by atoms with Gasteiger partial charge in [0.05, 0.1) is 0 Å². The topological polar surface area (TPSA) is 91.0 Å². The van der Waals surface area contributed by atoms with Gasteiger partial charge in [0.2, 0.25) is 0 Å². The van der Waals surface area contributed by atoms with Crippen LogP contribution in [0.3, 0.4) is 0 Å². The van der Waals surface area contributed by atoms with Gasteiger partial charge in [-0.05, 0) is 0 Å². The molecule has 0 aromatic carbocycles. The summed E-state index contributed by atoms with van der Waals surface area (Å²) in [4.78, 5) is 12.4. The zero-order valence-corrected chi connectivity index (χ0v) is 8.11. The van der Waals surface area contributed by atoms with Gasteiger partial charge in [-0.2, -0.15) is 0 Å². The van der Waals surface area contributed by atoms with Gasteiger partial charge in [-0.3, -0.25) is 0 Å². The summed E-state index contributed by atoms with van der Waals surface area (Å²) < 4.78 is 0. The van der Waals surface area contributed by atoms with E-state index in [1.807, 2.05) is 0 Å². The lowest BCUT2D eigenvalue weighted by Gasteiger charge is -2.14. The van der Waals surface area contributed by atoms with Crippen LogP contribution in [0.5, 0.6) is 0 Å². The molecule has 0 saturated heterocycles. The third kappa shape index (κ3) is 4.19. The van der Waals surface area contributed by atoms with E-state index in [0.717, 1.165) is 0 Å². The summed E-state index contributed by atoms with van der Waals surface area (Å²) in [5.41, 5.74) is 5.31. The lowest BCUT2D eigenvalue weighted by atomic mass is 10.1. The number of carbonyl (C=O) groups is 1. The van der Waals surface area contributed by atoms with Crippen molar-refractivity contribution in [2.75, 3.05) is 20.6 Å². The van der Waals surface area contributed by atoms with Gasteiger partial charge in [-0.1, -0.05) is 12.1 Å². The smallest absolute Gasteiger partial charge is 0.316 e. The van der Waals surface area contributed by atoms with Crippen molar-refractivity contribution < 1.29 is 10.0 Å². The lowest BCUT2D eigenvalue weighted by Crippen LogP contribution is -2.39. The average molecular weight is 188 g/mol. The summed E-state index contributed by atoms with van der Waals surface area (Å²) in [5, 5.41) is 13.8. The number of oxime groups is 1. The van der Waals surface area contributed by atoms with E-state index in [4.69, 9.17) is 10.9 Å². The minimum atomic E-state index is -0.197. The van der Waals surface area contributed by atoms with Gasteiger partial charge in [0.25, 0.3) is 0 Å². The normalized spacial score (nSPS) is 13.6. The highest BCUT2D eigenvalue weighted by molar-refractivity contribution is 5.82. The van der Waals surface area contributed by atoms with Crippen molar-refractivity contribution in [3.05, 3.63) is 0 Å². The van der Waals surface area contributed by atoms with Gasteiger partial charge in [-0.25, -0.2) is 4.79 Å². The average Bonchev–Trinajstić information content (AvgIpc) is 2.11. The van der Waals surface area contributed by atoms with Gasteiger partial charge in [0.15, 0.2) is 0 Å². The second-order valence-corrected chi connectivity index (χ2v) is 3.01. The van der Waals surface area contributed by atoms with Crippen LogP contribution in [-0.4, -0.2) is 42.6 Å². The highest BCUT2D eigenvalue weighted by Crippen LogP contribution is 1.92. The molecule has 0 aliphatic rings. The molecule has 0 radical (unpaired) electrons. The molecule has 0 fully saturated rings. The summed E-state index contributed by atoms with van der Waals surface area (Å²) >= 11 is 0. The van der Waals surface area contributed by atoms with Crippen molar-refractivity contribution in [2.24, 2.45) is 16.8 Å². The van der Waals surface area contributed by atoms with Crippen LogP contribution in [0, 0.1) is 5.92 Å². The van der Waals surface area contributed by atoms with Gasteiger partial charge in [0.1, 0.15) is 5.84 Å². The van der Waals surface area contributed by atoms with Crippen LogP contribution in [0.4, 0.5) is 4.79 Å². The number of amides is 2. The highest BCUT2D eigenvalue weighted by Gasteiger charge is 2.09. The maximum absolute atomic E-state index is 11.0. The molecule has 0 heterocycles. The van der Waals surface area contributed by atoms with Crippen molar-refractivity contribution in [1.82, 2.24) is 10.2 Å². The van der Waals surface area contributed by atoms with Gasteiger partial charge < -0.3 is 21.2 Å². The third-order valence-corrected chi connectivity index (χ3v) is 1.59. The maximum atomic E-state index is 11.0. The first kappa shape index (κ1) is 11.5. The molecule has 0 bridgehead atoms. The van der Waals surface area contributed by atoms with Crippen LogP contribution in [0.2, 0.25) is 0 Å². The molecule has 76 valence electrons. The number of urea groups is 1. The number of nitrogens with zero attached hydrogens (tertiary/aromatic N) is 2. The first-order chi connectivity index (χ1) is 5.99. The zero-order chi connectivity index (χ0) is 10.4. The van der Waals surface area contributed by atoms with E-state index in [1.54, 1.807) is 21.0 Å². The monoisotopic (exact) mass is 188 g/mol. The minimum Gasteiger partial charge on any atom is -0.409 e. The molecular weight excluding hydrogens is 172 g/mol. The van der Waals surface area contributed by atoms with Crippen LogP contribution in [0.25, 0.3) is 0 Å². The molecule has 0 rings (SSSR count). The Morgan fingerprint density at radius 2 is 2.23 bits per heavy atom. The Balaban J connectivity index is 3.83. The van der Waals surface area contributed by atoms with Gasteiger partial charge >= 0.3 is 6.03 Å². The fourth-order valence-corrected chi connectivity index (χ4v) is 0.602. The first-order valence-electron chi connectivity index (χ1n) is 3.91. The van der Waals surface area contributed by atoms with Crippen LogP contribution in [0.1, 0.15) is 6.92 Å². The number of nitrogens with two attached hydrogens (primary N) is 1. The maximum Gasteiger partial charge on any atom is 0.316 e. The van der Waals surface area contributed by atoms with E-state index >= 15 is 0 Å². The van der Waals surface area contributed by atoms with Crippen LogP contribution < -0.4 is 11.1 Å². The van der Waals surface area contributed by atoms with E-state index < -0.39 is 0 Å². The molecule has 6 heteroatoms. The van der Waals surface area contributed by atoms with Crippen molar-refractivity contribution in [2.45, 2.75) is 6.92 Å². The predicted molar refractivity (Wildman–Crippen MR) is 49.7 cm³/mol. The number of rotatable bonds is 3. The zero-order valence-electron chi connectivity index (χ0n) is 8.11. The Morgan fingerprint density at radius 1 is 1.69 bits per heavy atom. The van der Waals surface area contributed by atoms with Crippen molar-refractivity contribution in [3.8, 4) is 0 Å². The molecule has 1 atom stereocenters. The number of hydrogen-bond acceptors (Lipinski definition) is 3. The fourth-order valence-electron chi connectivity index (χ4n) is 0.602. The highest BCUT2D eigenvalue weighted by atomic mass is 16.4. The molecule has 0 spiro atoms. The predicted octanol–water partition coefficient (Wildman–Crippen LogP) is -0.360. The summed E-state index contributed by atoms with van der Waals surface area (Å²) in [6.07, 6.45) is 0. The first-order valence-corrected chi connectivity index (χ1v) is 3.91. The van der Waals surface area contributed by atoms with E-state index in [-0.39, 0.29) is 17.8 Å². The lowest BCUT2D eigenvalue weighted by molar-refractivity contribution is 0.216. The SMILES string of the molecule is CC(CNC(=O)N(C)C)C(N)=NO. The Bertz CT molecular complexity index is 203. The molecule has 0 aromatic rings. The summed E-state index contributed by atoms with van der Waals surface area (Å²) in [6.45, 7) is 2.11. The van der Waals surface area contributed by atoms with E-state index in [9.17, 15) is 4.79 Å². The molecule has 13 heavy (non-hydrogen) atoms. The fraction of sp³-hybridized carbons (Fsp3) is 0.714. The molecule has 0 saturated carbocycles. The Kier molecular flexibility index (Phi) is 4.64. The third-order valence-electron chi connectivity index (χ3n) is 1.59. The standard InChI is InChI=1S/C7H16N4O2/c1-5(6(8)10-13)4-9-7(12)11(2)3/h5,13H,4H2,1-3H3,(H2,8,10)(H,9,12). The number of amidine groups is 1. The molecule has 0 aromatic heterocycles. The summed E-state index contributed by atoms with van der Waals surface area (Å²) in [5.74, 6) is -0.0621. The van der Waals surface area contributed by atoms with Crippen molar-refractivity contribution in [1.29, 1.82) is 0 Å². The van der Waals surface area contributed by atoms with Crippen LogP contribution in [0.15, 0.2) is 5.16 Å². The van der Waals surface area contributed by atoms with E-state index in [1.165, 1.54) is 4.90 Å². The summed E-state index contributed by atoms with van der Waals surface area (Å²) in [7, 11) is 3.28. The Hall–Kier alpha value is -1.46. The van der Waals surface area contributed by atoms with Crippen molar-refractivity contribution in [3.63, 3.8) is 0 Å². The summed E-state index contributed by atoms with van der Waals surface area (Å²) in [6, 6.07) is -0.197. The number of carbonyl (C=O) groups excluding carboxylic acids is 1. The largest absolute Gasteiger partial charge is 0.409 e. The van der Waals surface area contributed by atoms with E-state index in [2.05, 4.69) is 10.5 Å². The Labute approximate surface area is 77.4 Å². The molecule has 6 nitrogen and oxygen atoms in total. The number of hydrogen-bond donors (Lipinski definition) is 3. The molecule has 4 N–H and O–H groups in total. The second-order valence-electron chi connectivity index (χ2n) is 3.01. The molecule has 0 aliphatic heterocycles. The molecular formula is C7H16N4O2. The van der Waals surface area contributed by atoms with Crippen molar-refractivity contribution >= 4 is 11.9 Å². The van der Waals surface area contributed by atoms with Crippen LogP contribution >= 0.6 is 0 Å². The van der Waals surface area contributed by atoms with Crippen LogP contribution in [-0.2, 0) is 0 Å².